The predicted molar refractivity (Wildman–Crippen MR) is 87.2 cm³/mol. The summed E-state index contributed by atoms with van der Waals surface area (Å²) in [5, 5.41) is 7.17. The predicted octanol–water partition coefficient (Wildman–Crippen LogP) is 3.28. The molecule has 0 aromatic heterocycles. The molecule has 20 heavy (non-hydrogen) atoms. The summed E-state index contributed by atoms with van der Waals surface area (Å²) in [7, 11) is 0. The van der Waals surface area contributed by atoms with Gasteiger partial charge in [0, 0.05) is 17.0 Å². The van der Waals surface area contributed by atoms with Gasteiger partial charge in [-0.3, -0.25) is 4.79 Å². The molecule has 0 bridgehead atoms. The van der Waals surface area contributed by atoms with E-state index in [-0.39, 0.29) is 11.9 Å². The number of thioether (sulfide) groups is 1. The number of benzene rings is 1. The lowest BCUT2D eigenvalue weighted by molar-refractivity contribution is -0.117. The highest BCUT2D eigenvalue weighted by Gasteiger charge is 2.26. The van der Waals surface area contributed by atoms with Crippen LogP contribution in [0.1, 0.15) is 33.1 Å². The molecule has 3 nitrogen and oxygen atoms in total. The third kappa shape index (κ3) is 4.53. The molecule has 0 saturated heterocycles. The maximum atomic E-state index is 12.1. The lowest BCUT2D eigenvalue weighted by Crippen LogP contribution is -2.43. The van der Waals surface area contributed by atoms with Crippen molar-refractivity contribution in [2.24, 2.45) is 0 Å². The van der Waals surface area contributed by atoms with E-state index in [0.717, 1.165) is 10.9 Å². The molecule has 1 aromatic carbocycles. The maximum absolute atomic E-state index is 12.1. The summed E-state index contributed by atoms with van der Waals surface area (Å²) in [5.41, 5.74) is 0.858. The lowest BCUT2D eigenvalue weighted by Gasteiger charge is -2.19. The first-order chi connectivity index (χ1) is 9.69. The fourth-order valence-corrected chi connectivity index (χ4v) is 3.82. The van der Waals surface area contributed by atoms with Gasteiger partial charge in [-0.25, -0.2) is 0 Å². The number of nitrogens with one attached hydrogen (secondary N) is 2. The van der Waals surface area contributed by atoms with Crippen molar-refractivity contribution in [3.63, 3.8) is 0 Å². The Labute approximate surface area is 125 Å². The van der Waals surface area contributed by atoms with Crippen LogP contribution in [-0.4, -0.2) is 29.0 Å². The van der Waals surface area contributed by atoms with Crippen molar-refractivity contribution in [3.05, 3.63) is 30.3 Å². The third-order valence-corrected chi connectivity index (χ3v) is 4.94. The Balaban J connectivity index is 1.77. The van der Waals surface area contributed by atoms with Gasteiger partial charge in [0.25, 0.3) is 0 Å². The van der Waals surface area contributed by atoms with Gasteiger partial charge in [-0.1, -0.05) is 25.1 Å². The van der Waals surface area contributed by atoms with Crippen LogP contribution >= 0.6 is 11.8 Å². The summed E-state index contributed by atoms with van der Waals surface area (Å²) < 4.78 is 0. The smallest absolute Gasteiger partial charge is 0.241 e. The summed E-state index contributed by atoms with van der Waals surface area (Å²) in [4.78, 5) is 12.1. The first-order valence-corrected chi connectivity index (χ1v) is 8.47. The Morgan fingerprint density at radius 3 is 2.80 bits per heavy atom. The Morgan fingerprint density at radius 1 is 1.35 bits per heavy atom. The van der Waals surface area contributed by atoms with E-state index >= 15 is 0 Å². The van der Waals surface area contributed by atoms with Gasteiger partial charge in [0.2, 0.25) is 5.91 Å². The van der Waals surface area contributed by atoms with Gasteiger partial charge < -0.3 is 10.6 Å². The molecule has 0 heterocycles. The molecule has 3 unspecified atom stereocenters. The fourth-order valence-electron chi connectivity index (χ4n) is 2.68. The molecule has 4 heteroatoms. The van der Waals surface area contributed by atoms with Crippen LogP contribution in [0.15, 0.2) is 30.3 Å². The van der Waals surface area contributed by atoms with Crippen molar-refractivity contribution in [2.45, 2.75) is 50.4 Å². The minimum atomic E-state index is -0.148. The van der Waals surface area contributed by atoms with Crippen molar-refractivity contribution >= 4 is 23.4 Å². The van der Waals surface area contributed by atoms with E-state index in [2.05, 4.69) is 17.6 Å². The average molecular weight is 292 g/mol. The lowest BCUT2D eigenvalue weighted by atomic mass is 10.2. The van der Waals surface area contributed by atoms with Crippen molar-refractivity contribution in [1.82, 2.24) is 5.32 Å². The van der Waals surface area contributed by atoms with E-state index in [1.165, 1.54) is 25.0 Å². The molecule has 1 aromatic rings. The van der Waals surface area contributed by atoms with Crippen molar-refractivity contribution in [2.75, 3.05) is 11.1 Å². The molecule has 0 radical (unpaired) electrons. The zero-order valence-electron chi connectivity index (χ0n) is 12.3. The van der Waals surface area contributed by atoms with Gasteiger partial charge in [-0.2, -0.15) is 11.8 Å². The highest BCUT2D eigenvalue weighted by molar-refractivity contribution is 7.99. The summed E-state index contributed by atoms with van der Waals surface area (Å²) in [6, 6.07) is 9.96. The van der Waals surface area contributed by atoms with Gasteiger partial charge in [-0.05, 0) is 44.1 Å². The Bertz CT molecular complexity index is 424. The van der Waals surface area contributed by atoms with Crippen molar-refractivity contribution in [3.8, 4) is 0 Å². The van der Waals surface area contributed by atoms with E-state index in [9.17, 15) is 4.79 Å². The fraction of sp³-hybridized carbons (Fsp3) is 0.562. The number of anilines is 1. The number of carbonyl (C=O) groups is 1. The number of hydrogen-bond acceptors (Lipinski definition) is 3. The van der Waals surface area contributed by atoms with E-state index in [0.29, 0.717) is 6.04 Å². The van der Waals surface area contributed by atoms with Gasteiger partial charge in [0.05, 0.1) is 6.04 Å². The third-order valence-electron chi connectivity index (χ3n) is 3.71. The SMILES string of the molecule is CCSC1CCC(NC(C)C(=O)Nc2ccccc2)C1. The number of hydrogen-bond donors (Lipinski definition) is 2. The molecular weight excluding hydrogens is 268 g/mol. The summed E-state index contributed by atoms with van der Waals surface area (Å²) >= 11 is 2.04. The van der Waals surface area contributed by atoms with Crippen LogP contribution in [0.2, 0.25) is 0 Å². The van der Waals surface area contributed by atoms with Crippen LogP contribution in [0.4, 0.5) is 5.69 Å². The second kappa shape index (κ2) is 7.70. The van der Waals surface area contributed by atoms with Crippen LogP contribution in [0, 0.1) is 0 Å². The highest BCUT2D eigenvalue weighted by atomic mass is 32.2. The van der Waals surface area contributed by atoms with Gasteiger partial charge in [0.1, 0.15) is 0 Å². The normalized spacial score (nSPS) is 23.5. The average Bonchev–Trinajstić information content (AvgIpc) is 2.87. The molecular formula is C16H24N2OS. The maximum Gasteiger partial charge on any atom is 0.241 e. The minimum Gasteiger partial charge on any atom is -0.325 e. The molecule has 1 fully saturated rings. The van der Waals surface area contributed by atoms with Gasteiger partial charge >= 0.3 is 0 Å². The van der Waals surface area contributed by atoms with Gasteiger partial charge in [0.15, 0.2) is 0 Å². The molecule has 1 amide bonds. The zero-order valence-corrected chi connectivity index (χ0v) is 13.1. The summed E-state index contributed by atoms with van der Waals surface area (Å²) in [5.74, 6) is 1.23. The Hall–Kier alpha value is -1.00. The van der Waals surface area contributed by atoms with E-state index in [4.69, 9.17) is 0 Å². The monoisotopic (exact) mass is 292 g/mol. The summed E-state index contributed by atoms with van der Waals surface area (Å²) in [6.07, 6.45) is 3.63. The van der Waals surface area contributed by atoms with Crippen LogP contribution in [0.3, 0.4) is 0 Å². The topological polar surface area (TPSA) is 41.1 Å². The number of para-hydroxylation sites is 1. The Kier molecular flexibility index (Phi) is 5.92. The number of amides is 1. The minimum absolute atomic E-state index is 0.0443. The van der Waals surface area contributed by atoms with Gasteiger partial charge in [-0.15, -0.1) is 0 Å². The highest BCUT2D eigenvalue weighted by Crippen LogP contribution is 2.29. The molecule has 1 aliphatic rings. The van der Waals surface area contributed by atoms with E-state index in [1.54, 1.807) is 0 Å². The molecule has 3 atom stereocenters. The molecule has 2 N–H and O–H groups in total. The number of carbonyl (C=O) groups excluding carboxylic acids is 1. The molecule has 1 aliphatic carbocycles. The second-order valence-electron chi connectivity index (χ2n) is 5.33. The standard InChI is InChI=1S/C16H24N2OS/c1-3-20-15-10-9-14(11-15)17-12(2)16(19)18-13-7-5-4-6-8-13/h4-8,12,14-15,17H,3,9-11H2,1-2H3,(H,18,19). The molecule has 110 valence electrons. The van der Waals surface area contributed by atoms with Crippen LogP contribution in [0.5, 0.6) is 0 Å². The van der Waals surface area contributed by atoms with E-state index in [1.807, 2.05) is 49.0 Å². The molecule has 0 spiro atoms. The van der Waals surface area contributed by atoms with Crippen molar-refractivity contribution in [1.29, 1.82) is 0 Å². The first kappa shape index (κ1) is 15.4. The number of rotatable bonds is 6. The zero-order chi connectivity index (χ0) is 14.4. The molecule has 1 saturated carbocycles. The molecule has 2 rings (SSSR count). The first-order valence-electron chi connectivity index (χ1n) is 7.42. The largest absolute Gasteiger partial charge is 0.325 e. The second-order valence-corrected chi connectivity index (χ2v) is 6.91. The summed E-state index contributed by atoms with van der Waals surface area (Å²) in [6.45, 7) is 4.15. The van der Waals surface area contributed by atoms with E-state index < -0.39 is 0 Å². The quantitative estimate of drug-likeness (QED) is 0.845. The van der Waals surface area contributed by atoms with Crippen LogP contribution in [0.25, 0.3) is 0 Å². The van der Waals surface area contributed by atoms with Crippen LogP contribution in [-0.2, 0) is 4.79 Å². The van der Waals surface area contributed by atoms with Crippen LogP contribution < -0.4 is 10.6 Å². The Morgan fingerprint density at radius 2 is 2.10 bits per heavy atom. The van der Waals surface area contributed by atoms with Crippen molar-refractivity contribution < 1.29 is 4.79 Å². The molecule has 0 aliphatic heterocycles.